The minimum absolute atomic E-state index is 0. The van der Waals surface area contributed by atoms with Gasteiger partial charge >= 0.3 is 0 Å². The third-order valence-corrected chi connectivity index (χ3v) is 3.24. The Morgan fingerprint density at radius 1 is 1.20 bits per heavy atom. The van der Waals surface area contributed by atoms with Crippen molar-refractivity contribution in [1.29, 1.82) is 0 Å². The third kappa shape index (κ3) is 6.42. The molecule has 0 bridgehead atoms. The Morgan fingerprint density at radius 2 is 1.80 bits per heavy atom. The number of aryl methyl sites for hydroxylation is 3. The molecule has 0 aliphatic carbocycles. The molecule has 0 aliphatic heterocycles. The minimum Gasteiger partial charge on any atom is -0.478 e. The van der Waals surface area contributed by atoms with Crippen molar-refractivity contribution >= 4 is 0 Å². The molecule has 1 aromatic heterocycles. The van der Waals surface area contributed by atoms with Crippen molar-refractivity contribution in [2.24, 2.45) is 7.05 Å². The summed E-state index contributed by atoms with van der Waals surface area (Å²) in [7, 11) is 1.65. The molecule has 0 amide bonds. The first-order valence-electron chi connectivity index (χ1n) is 7.72. The number of ether oxygens (including phenoxy) is 1. The summed E-state index contributed by atoms with van der Waals surface area (Å²) in [6.07, 6.45) is 0. The van der Waals surface area contributed by atoms with Crippen LogP contribution in [0.25, 0.3) is 11.1 Å². The molecule has 0 N–H and O–H groups in total. The molecule has 4 nitrogen and oxygen atoms in total. The van der Waals surface area contributed by atoms with Gasteiger partial charge < -0.3 is 12.2 Å². The normalized spacial score (nSPS) is 8.56. The maximum atomic E-state index is 12.5. The Kier molecular flexibility index (Phi) is 13.3. The Balaban J connectivity index is 0. The molecule has 0 saturated carbocycles. The van der Waals surface area contributed by atoms with E-state index >= 15 is 0 Å². The van der Waals surface area contributed by atoms with E-state index in [1.807, 2.05) is 52.0 Å². The Morgan fingerprint density at radius 3 is 2.36 bits per heavy atom. The zero-order chi connectivity index (χ0) is 17.4. The smallest absolute Gasteiger partial charge is 0.278 e. The molecule has 0 atom stereocenters. The fourth-order valence-electron chi connectivity index (χ4n) is 2.20. The van der Waals surface area contributed by atoms with E-state index in [1.54, 1.807) is 14.0 Å². The number of aromatic nitrogens is 2. The molecule has 0 aliphatic rings. The molecule has 2 rings (SSSR count). The maximum absolute atomic E-state index is 12.5. The average Bonchev–Trinajstić information content (AvgIpc) is 2.55. The Labute approximate surface area is 176 Å². The van der Waals surface area contributed by atoms with Crippen molar-refractivity contribution in [3.63, 3.8) is 0 Å². The summed E-state index contributed by atoms with van der Waals surface area (Å²) in [6.45, 7) is 9.79. The van der Waals surface area contributed by atoms with Crippen LogP contribution in [0.5, 0.6) is 5.75 Å². The first-order valence-corrected chi connectivity index (χ1v) is 7.72. The zero-order valence-corrected chi connectivity index (χ0v) is 19.1. The van der Waals surface area contributed by atoms with E-state index in [4.69, 9.17) is 4.74 Å². The molecule has 0 fully saturated rings. The SMILES string of the molecule is CC.CC#CCOc1c(C)nn(C)c(=O)c1-c1ccccc1C.[CH3-].[Y]. The van der Waals surface area contributed by atoms with Crippen molar-refractivity contribution in [3.8, 4) is 28.7 Å². The fraction of sp³-hybridized carbons (Fsp3) is 0.350. The number of rotatable bonds is 3. The van der Waals surface area contributed by atoms with Crippen molar-refractivity contribution in [2.45, 2.75) is 34.6 Å². The number of hydrogen-bond donors (Lipinski definition) is 0. The predicted molar refractivity (Wildman–Crippen MR) is 101 cm³/mol. The number of benzene rings is 1. The molecule has 25 heavy (non-hydrogen) atoms. The van der Waals surface area contributed by atoms with Crippen LogP contribution < -0.4 is 10.3 Å². The van der Waals surface area contributed by atoms with Crippen LogP contribution in [0.4, 0.5) is 0 Å². The van der Waals surface area contributed by atoms with Crippen LogP contribution in [-0.4, -0.2) is 16.4 Å². The summed E-state index contributed by atoms with van der Waals surface area (Å²) in [5.41, 5.74) is 2.93. The fourth-order valence-corrected chi connectivity index (χ4v) is 2.20. The van der Waals surface area contributed by atoms with E-state index in [-0.39, 0.29) is 52.3 Å². The van der Waals surface area contributed by atoms with Gasteiger partial charge in [-0.2, -0.15) is 5.10 Å². The predicted octanol–water partition coefficient (Wildman–Crippen LogP) is 3.94. The van der Waals surface area contributed by atoms with Gasteiger partial charge in [0, 0.05) is 39.8 Å². The van der Waals surface area contributed by atoms with Gasteiger partial charge in [0.25, 0.3) is 5.56 Å². The van der Waals surface area contributed by atoms with Gasteiger partial charge in [-0.25, -0.2) is 4.68 Å². The molecule has 2 aromatic rings. The Bertz CT molecular complexity index is 787. The van der Waals surface area contributed by atoms with Gasteiger partial charge in [0.2, 0.25) is 0 Å². The van der Waals surface area contributed by atoms with Crippen LogP contribution >= 0.6 is 0 Å². The summed E-state index contributed by atoms with van der Waals surface area (Å²) in [4.78, 5) is 12.5. The third-order valence-electron chi connectivity index (χ3n) is 3.24. The number of nitrogens with zero attached hydrogens (tertiary/aromatic N) is 2. The standard InChI is InChI=1S/C17H18N2O2.C2H6.CH3.Y/c1-5-6-11-21-16-13(3)18-19(4)17(20)15(16)14-10-8-7-9-12(14)2;1-2;;/h7-10H,11H2,1-4H3;1-2H3;1H3;/q;;-1;. The molecule has 133 valence electrons. The van der Waals surface area contributed by atoms with Crippen LogP contribution in [0, 0.1) is 33.1 Å². The second kappa shape index (κ2) is 12.9. The van der Waals surface area contributed by atoms with E-state index in [2.05, 4.69) is 16.9 Å². The van der Waals surface area contributed by atoms with Crippen LogP contribution in [-0.2, 0) is 39.8 Å². The van der Waals surface area contributed by atoms with Gasteiger partial charge in [0.15, 0.2) is 5.75 Å². The van der Waals surface area contributed by atoms with E-state index in [9.17, 15) is 4.79 Å². The van der Waals surface area contributed by atoms with Gasteiger partial charge in [-0.05, 0) is 31.9 Å². The van der Waals surface area contributed by atoms with E-state index in [1.165, 1.54) is 4.68 Å². The van der Waals surface area contributed by atoms with Crippen LogP contribution in [0.15, 0.2) is 29.1 Å². The van der Waals surface area contributed by atoms with E-state index in [0.29, 0.717) is 17.0 Å². The maximum Gasteiger partial charge on any atom is 0.278 e. The van der Waals surface area contributed by atoms with Crippen LogP contribution in [0.2, 0.25) is 0 Å². The van der Waals surface area contributed by atoms with Crippen molar-refractivity contribution in [2.75, 3.05) is 6.61 Å². The molecule has 1 heterocycles. The molecular weight excluding hydrogens is 389 g/mol. The first kappa shape index (κ1) is 25.8. The van der Waals surface area contributed by atoms with E-state index in [0.717, 1.165) is 11.1 Å². The summed E-state index contributed by atoms with van der Waals surface area (Å²) in [5, 5.41) is 4.20. The average molecular weight is 416 g/mol. The monoisotopic (exact) mass is 416 g/mol. The summed E-state index contributed by atoms with van der Waals surface area (Å²) in [5.74, 6) is 6.13. The molecule has 0 spiro atoms. The summed E-state index contributed by atoms with van der Waals surface area (Å²) >= 11 is 0. The molecule has 0 saturated heterocycles. The topological polar surface area (TPSA) is 44.1 Å². The van der Waals surface area contributed by atoms with Gasteiger partial charge in [-0.3, -0.25) is 4.79 Å². The molecule has 0 unspecified atom stereocenters. The van der Waals surface area contributed by atoms with Crippen molar-refractivity contribution < 1.29 is 37.4 Å². The van der Waals surface area contributed by atoms with Crippen molar-refractivity contribution in [1.82, 2.24) is 9.78 Å². The van der Waals surface area contributed by atoms with Gasteiger partial charge in [-0.1, -0.05) is 44.0 Å². The summed E-state index contributed by atoms with van der Waals surface area (Å²) < 4.78 is 7.05. The molecular formula is C20H27N2O2Y-. The second-order valence-corrected chi connectivity index (χ2v) is 4.75. The van der Waals surface area contributed by atoms with Gasteiger partial charge in [0.1, 0.15) is 12.3 Å². The summed E-state index contributed by atoms with van der Waals surface area (Å²) in [6, 6.07) is 7.75. The van der Waals surface area contributed by atoms with Crippen LogP contribution in [0.1, 0.15) is 32.0 Å². The number of hydrogen-bond acceptors (Lipinski definition) is 3. The van der Waals surface area contributed by atoms with Gasteiger partial charge in [-0.15, -0.1) is 5.92 Å². The minimum atomic E-state index is -0.172. The molecule has 1 aromatic carbocycles. The van der Waals surface area contributed by atoms with Gasteiger partial charge in [0.05, 0.1) is 5.56 Å². The second-order valence-electron chi connectivity index (χ2n) is 4.75. The Hall–Kier alpha value is -1.44. The quantitative estimate of drug-likeness (QED) is 0.563. The zero-order valence-electron chi connectivity index (χ0n) is 16.3. The van der Waals surface area contributed by atoms with E-state index < -0.39 is 0 Å². The first-order chi connectivity index (χ1) is 11.1. The van der Waals surface area contributed by atoms with Crippen molar-refractivity contribution in [3.05, 3.63) is 53.3 Å². The van der Waals surface area contributed by atoms with Crippen LogP contribution in [0.3, 0.4) is 0 Å². The molecule has 5 heteroatoms. The largest absolute Gasteiger partial charge is 0.478 e. The molecule has 1 radical (unpaired) electrons.